The van der Waals surface area contributed by atoms with E-state index >= 15 is 0 Å². The van der Waals surface area contributed by atoms with E-state index in [1.165, 1.54) is 13.8 Å². The molecule has 0 bridgehead atoms. The topological polar surface area (TPSA) is 80.3 Å². The number of aliphatic carboxylic acids is 2. The van der Waals surface area contributed by atoms with Crippen molar-refractivity contribution >= 4 is 36.4 Å². The maximum Gasteiger partial charge on any atom is 0.0666 e. The summed E-state index contributed by atoms with van der Waals surface area (Å²) in [4.78, 5) is 19.0. The number of hydrogen-bond acceptors (Lipinski definition) is 4. The van der Waals surface area contributed by atoms with Gasteiger partial charge in [-0.25, -0.2) is 0 Å². The summed E-state index contributed by atoms with van der Waals surface area (Å²) in [7, 11) is 0. The van der Waals surface area contributed by atoms with Gasteiger partial charge in [0.1, 0.15) is 0 Å². The summed E-state index contributed by atoms with van der Waals surface area (Å²) in [5.41, 5.74) is 0.130. The molecule has 6 radical (unpaired) electrons. The Bertz CT molecular complexity index is 602. The zero-order valence-corrected chi connectivity index (χ0v) is 20.2. The first-order valence-corrected chi connectivity index (χ1v) is 8.76. The molecule has 0 amide bonds. The number of rotatable bonds is 2. The molecule has 0 saturated carbocycles. The standard InChI is InChI=1S/3C6H5.2C4H6O2.Sb/c3*1-2-4-6-5-3-1;2*1-3(2)4(5)6;/h3*1-5H;2*1H2,2H3,(H,5,6);/p-2. The van der Waals surface area contributed by atoms with Crippen LogP contribution < -0.4 is 10.2 Å². The average Bonchev–Trinajstić information content (AvgIpc) is 2.79. The van der Waals surface area contributed by atoms with Crippen molar-refractivity contribution < 1.29 is 19.8 Å². The number of carbonyl (C=O) groups excluding carboxylic acids is 2. The van der Waals surface area contributed by atoms with E-state index < -0.39 is 11.9 Å². The van der Waals surface area contributed by atoms with Crippen molar-refractivity contribution in [3.05, 3.63) is 133 Å². The van der Waals surface area contributed by atoms with Crippen molar-refractivity contribution in [3.63, 3.8) is 0 Å². The minimum absolute atomic E-state index is 0. The third-order valence-electron chi connectivity index (χ3n) is 2.52. The molecule has 0 aliphatic carbocycles. The van der Waals surface area contributed by atoms with Crippen LogP contribution in [0, 0.1) is 18.2 Å². The summed E-state index contributed by atoms with van der Waals surface area (Å²) in [6.45, 7) is 8.95. The maximum atomic E-state index is 9.49. The summed E-state index contributed by atoms with van der Waals surface area (Å²) in [5, 5.41) is 19.0. The molecule has 160 valence electrons. The zero-order valence-electron chi connectivity index (χ0n) is 17.7. The molecule has 0 unspecified atom stereocenters. The Morgan fingerprint density at radius 3 is 0.742 bits per heavy atom. The smallest absolute Gasteiger partial charge is 0.0666 e. The third kappa shape index (κ3) is 31.8. The van der Waals surface area contributed by atoms with Gasteiger partial charge >= 0.3 is 0 Å². The molecule has 0 saturated heterocycles. The number of carbonyl (C=O) groups is 2. The average molecular weight is 523 g/mol. The van der Waals surface area contributed by atoms with E-state index in [9.17, 15) is 19.8 Å². The number of hydrogen-bond donors (Lipinski definition) is 0. The molecule has 0 fully saturated rings. The normalized spacial score (nSPS) is 7.55. The largest absolute Gasteiger partial charge is 0.545 e. The predicted octanol–water partition coefficient (Wildman–Crippen LogP) is 2.70. The van der Waals surface area contributed by atoms with Crippen molar-refractivity contribution in [3.8, 4) is 0 Å². The van der Waals surface area contributed by atoms with Crippen LogP contribution in [0.4, 0.5) is 0 Å². The van der Waals surface area contributed by atoms with Gasteiger partial charge in [-0.3, -0.25) is 0 Å². The fourth-order valence-electron chi connectivity index (χ4n) is 1.03. The molecule has 31 heavy (non-hydrogen) atoms. The molecule has 0 aliphatic rings. The molecule has 0 aliphatic heterocycles. The van der Waals surface area contributed by atoms with E-state index in [2.05, 4.69) is 31.4 Å². The van der Waals surface area contributed by atoms with E-state index in [1.54, 1.807) is 0 Å². The summed E-state index contributed by atoms with van der Waals surface area (Å²) in [6.07, 6.45) is 0. The van der Waals surface area contributed by atoms with Crippen LogP contribution >= 0.6 is 0 Å². The Morgan fingerprint density at radius 1 is 0.548 bits per heavy atom. The zero-order chi connectivity index (χ0) is 23.0. The Morgan fingerprint density at radius 2 is 0.710 bits per heavy atom. The van der Waals surface area contributed by atoms with Gasteiger partial charge in [-0.15, -0.1) is 0 Å². The SMILES string of the molecule is C=C(C)C(=O)[O-].C=C(C)C(=O)[O-].[Sb].[c]1ccccc1.[c]1ccccc1.[c]1ccccc1. The van der Waals surface area contributed by atoms with Crippen molar-refractivity contribution in [2.45, 2.75) is 13.8 Å². The first-order valence-electron chi connectivity index (χ1n) is 8.76. The first kappa shape index (κ1) is 32.6. The molecule has 5 heteroatoms. The van der Waals surface area contributed by atoms with E-state index in [1.807, 2.05) is 91.0 Å². The van der Waals surface area contributed by atoms with E-state index in [-0.39, 0.29) is 35.6 Å². The second-order valence-corrected chi connectivity index (χ2v) is 5.37. The van der Waals surface area contributed by atoms with Gasteiger partial charge in [-0.1, -0.05) is 104 Å². The van der Waals surface area contributed by atoms with Gasteiger partial charge in [0.05, 0.1) is 11.9 Å². The molecule has 0 N–H and O–H groups in total. The van der Waals surface area contributed by atoms with Gasteiger partial charge in [0.15, 0.2) is 0 Å². The summed E-state index contributed by atoms with van der Waals surface area (Å²) >= 11 is 0. The number of carboxylic acids is 2. The van der Waals surface area contributed by atoms with Crippen LogP contribution in [0.15, 0.2) is 115 Å². The Labute approximate surface area is 203 Å². The number of benzene rings is 3. The van der Waals surface area contributed by atoms with Crippen LogP contribution in [0.2, 0.25) is 0 Å². The Kier molecular flexibility index (Phi) is 26.2. The minimum Gasteiger partial charge on any atom is -0.545 e. The van der Waals surface area contributed by atoms with Crippen LogP contribution in [-0.2, 0) is 9.59 Å². The van der Waals surface area contributed by atoms with Crippen molar-refractivity contribution in [1.29, 1.82) is 0 Å². The van der Waals surface area contributed by atoms with Crippen LogP contribution in [0.25, 0.3) is 0 Å². The van der Waals surface area contributed by atoms with Gasteiger partial charge in [0.25, 0.3) is 0 Å². The van der Waals surface area contributed by atoms with Crippen LogP contribution in [0.3, 0.4) is 0 Å². The van der Waals surface area contributed by atoms with E-state index in [0.29, 0.717) is 0 Å². The molecule has 0 aromatic heterocycles. The quantitative estimate of drug-likeness (QED) is 0.383. The van der Waals surface area contributed by atoms with E-state index in [4.69, 9.17) is 0 Å². The molecule has 0 atom stereocenters. The van der Waals surface area contributed by atoms with Crippen molar-refractivity contribution in [1.82, 2.24) is 0 Å². The first-order chi connectivity index (χ1) is 14.3. The van der Waals surface area contributed by atoms with Crippen LogP contribution in [0.1, 0.15) is 13.8 Å². The monoisotopic (exact) mass is 522 g/mol. The molecular formula is C26H25O4Sb-2. The van der Waals surface area contributed by atoms with Gasteiger partial charge in [0.2, 0.25) is 0 Å². The Hall–Kier alpha value is -3.10. The summed E-state index contributed by atoms with van der Waals surface area (Å²) in [6, 6.07) is 37.5. The van der Waals surface area contributed by atoms with Crippen molar-refractivity contribution in [2.24, 2.45) is 0 Å². The summed E-state index contributed by atoms with van der Waals surface area (Å²) < 4.78 is 0. The Balaban J connectivity index is -0.000000314. The fraction of sp³-hybridized carbons (Fsp3) is 0.0769. The molecule has 0 heterocycles. The molecule has 3 rings (SSSR count). The van der Waals surface area contributed by atoms with Crippen LogP contribution in [0.5, 0.6) is 0 Å². The molecule has 0 spiro atoms. The molecule has 4 nitrogen and oxygen atoms in total. The molecular weight excluding hydrogens is 498 g/mol. The predicted molar refractivity (Wildman–Crippen MR) is 121 cm³/mol. The second kappa shape index (κ2) is 24.9. The second-order valence-electron chi connectivity index (χ2n) is 5.37. The molecule has 3 aromatic carbocycles. The summed E-state index contributed by atoms with van der Waals surface area (Å²) in [5.74, 6) is -2.37. The van der Waals surface area contributed by atoms with Crippen LogP contribution in [-0.4, -0.2) is 36.4 Å². The van der Waals surface area contributed by atoms with Gasteiger partial charge in [-0.05, 0) is 43.2 Å². The van der Waals surface area contributed by atoms with Gasteiger partial charge < -0.3 is 19.8 Å². The minimum atomic E-state index is -1.19. The molecule has 3 aromatic rings. The van der Waals surface area contributed by atoms with Gasteiger partial charge in [-0.2, -0.15) is 0 Å². The van der Waals surface area contributed by atoms with Crippen molar-refractivity contribution in [2.75, 3.05) is 0 Å². The fourth-order valence-corrected chi connectivity index (χ4v) is 1.03. The maximum absolute atomic E-state index is 9.49. The third-order valence-corrected chi connectivity index (χ3v) is 2.52. The van der Waals surface area contributed by atoms with E-state index in [0.717, 1.165) is 0 Å². The number of carboxylic acid groups (broad SMARTS) is 2. The van der Waals surface area contributed by atoms with Gasteiger partial charge in [0, 0.05) is 24.4 Å².